The molecule has 0 radical (unpaired) electrons. The molecule has 2 N–H and O–H groups in total. The van der Waals surface area contributed by atoms with E-state index in [-0.39, 0.29) is 0 Å². The summed E-state index contributed by atoms with van der Waals surface area (Å²) in [6, 6.07) is 6.68. The Balaban J connectivity index is 2.24. The number of fused-ring (bicyclic) bond motifs is 3. The van der Waals surface area contributed by atoms with E-state index in [9.17, 15) is 0 Å². The molecule has 78 valence electrons. The van der Waals surface area contributed by atoms with Gasteiger partial charge in [-0.1, -0.05) is 11.6 Å². The Bertz CT molecular complexity index is 496. The molecule has 0 saturated carbocycles. The first-order chi connectivity index (χ1) is 7.34. The van der Waals surface area contributed by atoms with Crippen LogP contribution in [0.4, 0.5) is 0 Å². The molecule has 0 unspecified atom stereocenters. The van der Waals surface area contributed by atoms with Gasteiger partial charge in [0, 0.05) is 29.6 Å². The zero-order chi connectivity index (χ0) is 10.3. The maximum Gasteiger partial charge on any atom is 0.0459 e. The number of hydrogen-bond donors (Lipinski definition) is 2. The van der Waals surface area contributed by atoms with Crippen LogP contribution in [0.5, 0.6) is 0 Å². The van der Waals surface area contributed by atoms with E-state index in [0.717, 1.165) is 25.9 Å². The monoisotopic (exact) mass is 200 g/mol. The van der Waals surface area contributed by atoms with E-state index in [1.54, 1.807) is 0 Å². The summed E-state index contributed by atoms with van der Waals surface area (Å²) in [5.74, 6) is 0. The second-order valence-corrected chi connectivity index (χ2v) is 4.38. The van der Waals surface area contributed by atoms with Crippen molar-refractivity contribution in [1.82, 2.24) is 10.3 Å². The number of rotatable bonds is 0. The summed E-state index contributed by atoms with van der Waals surface area (Å²) in [6.07, 6.45) is 2.28. The molecular formula is C13H16N2. The van der Waals surface area contributed by atoms with Gasteiger partial charge in [-0.15, -0.1) is 0 Å². The molecule has 1 aromatic heterocycles. The van der Waals surface area contributed by atoms with E-state index in [1.165, 1.54) is 27.7 Å². The summed E-state index contributed by atoms with van der Waals surface area (Å²) in [7, 11) is 0. The van der Waals surface area contributed by atoms with Crippen molar-refractivity contribution >= 4 is 10.9 Å². The molecule has 2 heterocycles. The van der Waals surface area contributed by atoms with Gasteiger partial charge < -0.3 is 10.3 Å². The van der Waals surface area contributed by atoms with Gasteiger partial charge >= 0.3 is 0 Å². The molecule has 2 aromatic rings. The summed E-state index contributed by atoms with van der Waals surface area (Å²) in [5.41, 5.74) is 5.60. The number of aromatic nitrogens is 1. The van der Waals surface area contributed by atoms with Crippen molar-refractivity contribution in [3.63, 3.8) is 0 Å². The minimum absolute atomic E-state index is 1.10. The Kier molecular flexibility index (Phi) is 2.03. The summed E-state index contributed by atoms with van der Waals surface area (Å²) in [6.45, 7) is 4.36. The Hall–Kier alpha value is -1.28. The molecule has 2 nitrogen and oxygen atoms in total. The summed E-state index contributed by atoms with van der Waals surface area (Å²) in [4.78, 5) is 3.54. The molecule has 0 spiro atoms. The standard InChI is InChI=1S/C13H16N2/c1-9-2-3-12-11(8-9)10-4-6-14-7-5-13(10)15-12/h2-3,8,14-15H,4-7H2,1H3. The summed E-state index contributed by atoms with van der Waals surface area (Å²) >= 11 is 0. The van der Waals surface area contributed by atoms with Crippen molar-refractivity contribution in [2.24, 2.45) is 0 Å². The Morgan fingerprint density at radius 2 is 2.00 bits per heavy atom. The predicted octanol–water partition coefficient (Wildman–Crippen LogP) is 2.16. The molecule has 1 aromatic carbocycles. The van der Waals surface area contributed by atoms with Crippen molar-refractivity contribution in [2.75, 3.05) is 13.1 Å². The van der Waals surface area contributed by atoms with Gasteiger partial charge in [0.25, 0.3) is 0 Å². The third kappa shape index (κ3) is 1.45. The van der Waals surface area contributed by atoms with Crippen molar-refractivity contribution in [3.8, 4) is 0 Å². The molecule has 2 heteroatoms. The SMILES string of the molecule is Cc1ccc2[nH]c3c(c2c1)CCNCC3. The minimum atomic E-state index is 1.10. The maximum absolute atomic E-state index is 3.54. The van der Waals surface area contributed by atoms with Gasteiger partial charge in [-0.05, 0) is 37.6 Å². The fourth-order valence-electron chi connectivity index (χ4n) is 2.47. The quantitative estimate of drug-likeness (QED) is 0.670. The first kappa shape index (κ1) is 8.98. The van der Waals surface area contributed by atoms with Crippen LogP contribution in [-0.2, 0) is 12.8 Å². The highest BCUT2D eigenvalue weighted by atomic mass is 14.9. The molecular weight excluding hydrogens is 184 g/mol. The average Bonchev–Trinajstić information content (AvgIpc) is 2.44. The fourth-order valence-corrected chi connectivity index (χ4v) is 2.47. The number of hydrogen-bond acceptors (Lipinski definition) is 1. The van der Waals surface area contributed by atoms with Crippen LogP contribution < -0.4 is 5.32 Å². The van der Waals surface area contributed by atoms with Gasteiger partial charge in [-0.3, -0.25) is 0 Å². The average molecular weight is 200 g/mol. The van der Waals surface area contributed by atoms with Crippen molar-refractivity contribution < 1.29 is 0 Å². The molecule has 0 saturated heterocycles. The zero-order valence-corrected chi connectivity index (χ0v) is 9.06. The lowest BCUT2D eigenvalue weighted by Gasteiger charge is -1.99. The van der Waals surface area contributed by atoms with Crippen LogP contribution in [0, 0.1) is 6.92 Å². The van der Waals surface area contributed by atoms with Crippen LogP contribution in [0.15, 0.2) is 18.2 Å². The van der Waals surface area contributed by atoms with Crippen LogP contribution in [0.25, 0.3) is 10.9 Å². The van der Waals surface area contributed by atoms with Crippen LogP contribution in [0.1, 0.15) is 16.8 Å². The largest absolute Gasteiger partial charge is 0.358 e. The van der Waals surface area contributed by atoms with Crippen LogP contribution in [-0.4, -0.2) is 18.1 Å². The van der Waals surface area contributed by atoms with Gasteiger partial charge in [0.1, 0.15) is 0 Å². The van der Waals surface area contributed by atoms with Gasteiger partial charge in [0.2, 0.25) is 0 Å². The molecule has 1 aliphatic heterocycles. The van der Waals surface area contributed by atoms with Crippen molar-refractivity contribution in [1.29, 1.82) is 0 Å². The molecule has 3 rings (SSSR count). The molecule has 15 heavy (non-hydrogen) atoms. The Labute approximate surface area is 89.7 Å². The van der Waals surface area contributed by atoms with E-state index in [1.807, 2.05) is 0 Å². The highest BCUT2D eigenvalue weighted by molar-refractivity contribution is 5.85. The molecule has 1 aliphatic rings. The third-order valence-corrected chi connectivity index (χ3v) is 3.25. The van der Waals surface area contributed by atoms with E-state index in [4.69, 9.17) is 0 Å². The maximum atomic E-state index is 3.54. The highest BCUT2D eigenvalue weighted by Crippen LogP contribution is 2.25. The lowest BCUT2D eigenvalue weighted by atomic mass is 10.1. The number of benzene rings is 1. The predicted molar refractivity (Wildman–Crippen MR) is 63.3 cm³/mol. The van der Waals surface area contributed by atoms with Crippen LogP contribution in [0.2, 0.25) is 0 Å². The molecule has 0 aliphatic carbocycles. The van der Waals surface area contributed by atoms with Crippen molar-refractivity contribution in [3.05, 3.63) is 35.0 Å². The lowest BCUT2D eigenvalue weighted by molar-refractivity contribution is 0.708. The van der Waals surface area contributed by atoms with Crippen LogP contribution >= 0.6 is 0 Å². The molecule has 0 atom stereocenters. The molecule has 0 fully saturated rings. The number of H-pyrrole nitrogens is 1. The normalized spacial score (nSPS) is 16.3. The van der Waals surface area contributed by atoms with Gasteiger partial charge in [-0.25, -0.2) is 0 Å². The Morgan fingerprint density at radius 1 is 1.13 bits per heavy atom. The third-order valence-electron chi connectivity index (χ3n) is 3.25. The number of nitrogens with one attached hydrogen (secondary N) is 2. The van der Waals surface area contributed by atoms with E-state index in [0.29, 0.717) is 0 Å². The first-order valence-electron chi connectivity index (χ1n) is 5.65. The first-order valence-corrected chi connectivity index (χ1v) is 5.65. The van der Waals surface area contributed by atoms with Gasteiger partial charge in [0.05, 0.1) is 0 Å². The van der Waals surface area contributed by atoms with E-state index < -0.39 is 0 Å². The second-order valence-electron chi connectivity index (χ2n) is 4.38. The Morgan fingerprint density at radius 3 is 2.93 bits per heavy atom. The highest BCUT2D eigenvalue weighted by Gasteiger charge is 2.13. The number of aryl methyl sites for hydroxylation is 1. The summed E-state index contributed by atoms with van der Waals surface area (Å²) in [5, 5.41) is 4.86. The second kappa shape index (κ2) is 3.38. The van der Waals surface area contributed by atoms with Crippen molar-refractivity contribution in [2.45, 2.75) is 19.8 Å². The number of aromatic amines is 1. The lowest BCUT2D eigenvalue weighted by Crippen LogP contribution is -2.16. The van der Waals surface area contributed by atoms with Crippen LogP contribution in [0.3, 0.4) is 0 Å². The van der Waals surface area contributed by atoms with Gasteiger partial charge in [0.15, 0.2) is 0 Å². The molecule has 0 bridgehead atoms. The topological polar surface area (TPSA) is 27.8 Å². The smallest absolute Gasteiger partial charge is 0.0459 e. The summed E-state index contributed by atoms with van der Waals surface area (Å²) < 4.78 is 0. The van der Waals surface area contributed by atoms with Gasteiger partial charge in [-0.2, -0.15) is 0 Å². The minimum Gasteiger partial charge on any atom is -0.358 e. The zero-order valence-electron chi connectivity index (χ0n) is 9.06. The van der Waals surface area contributed by atoms with E-state index >= 15 is 0 Å². The fraction of sp³-hybridized carbons (Fsp3) is 0.385. The van der Waals surface area contributed by atoms with E-state index in [2.05, 4.69) is 35.4 Å². The molecule has 0 amide bonds.